The number of benzene rings is 1. The van der Waals surface area contributed by atoms with Crippen LogP contribution in [0.3, 0.4) is 0 Å². The van der Waals surface area contributed by atoms with Crippen LogP contribution in [0, 0.1) is 5.41 Å². The second-order valence-corrected chi connectivity index (χ2v) is 4.75. The number of hydrogen-bond acceptors (Lipinski definition) is 0. The van der Waals surface area contributed by atoms with Gasteiger partial charge in [0.1, 0.15) is 7.85 Å². The van der Waals surface area contributed by atoms with Crippen molar-refractivity contribution >= 4 is 13.3 Å². The quantitative estimate of drug-likeness (QED) is 0.571. The van der Waals surface area contributed by atoms with Crippen molar-refractivity contribution in [1.82, 2.24) is 0 Å². The van der Waals surface area contributed by atoms with Crippen molar-refractivity contribution < 1.29 is 0 Å². The van der Waals surface area contributed by atoms with E-state index in [0.29, 0.717) is 11.3 Å². The molecule has 68 valence electrons. The molecule has 1 aromatic carbocycles. The van der Waals surface area contributed by atoms with Crippen molar-refractivity contribution in [3.05, 3.63) is 29.8 Å². The molecule has 1 aromatic rings. The Morgan fingerprint density at radius 3 is 1.92 bits per heavy atom. The van der Waals surface area contributed by atoms with Gasteiger partial charge in [-0.05, 0) is 16.9 Å². The van der Waals surface area contributed by atoms with Crippen molar-refractivity contribution in [2.75, 3.05) is 0 Å². The Kier molecular flexibility index (Phi) is 2.85. The molecule has 0 amide bonds. The zero-order chi connectivity index (χ0) is 10.1. The van der Waals surface area contributed by atoms with Crippen molar-refractivity contribution in [2.24, 2.45) is 5.41 Å². The van der Waals surface area contributed by atoms with E-state index in [1.54, 1.807) is 0 Å². The Hall–Kier alpha value is -0.715. The lowest BCUT2D eigenvalue weighted by molar-refractivity contribution is 0.339. The Labute approximate surface area is 82.8 Å². The molecule has 1 rings (SSSR count). The first-order valence-corrected chi connectivity index (χ1v) is 4.76. The van der Waals surface area contributed by atoms with Gasteiger partial charge in [0, 0.05) is 0 Å². The van der Waals surface area contributed by atoms with E-state index in [0.717, 1.165) is 5.46 Å². The lowest BCUT2D eigenvalue weighted by Gasteiger charge is -2.27. The molecule has 0 nitrogen and oxygen atoms in total. The van der Waals surface area contributed by atoms with Gasteiger partial charge in [0.05, 0.1) is 0 Å². The summed E-state index contributed by atoms with van der Waals surface area (Å²) in [5.41, 5.74) is 2.52. The third-order valence-corrected chi connectivity index (χ3v) is 2.74. The van der Waals surface area contributed by atoms with Crippen LogP contribution in [-0.2, 0) is 0 Å². The van der Waals surface area contributed by atoms with Crippen LogP contribution in [0.2, 0.25) is 0 Å². The van der Waals surface area contributed by atoms with Crippen molar-refractivity contribution in [1.29, 1.82) is 0 Å². The van der Waals surface area contributed by atoms with E-state index >= 15 is 0 Å². The molecule has 0 fully saturated rings. The molecule has 0 bridgehead atoms. The number of rotatable bonds is 1. The molecule has 2 radical (unpaired) electrons. The van der Waals surface area contributed by atoms with Gasteiger partial charge in [-0.2, -0.15) is 0 Å². The minimum Gasteiger partial charge on any atom is -0.0967 e. The van der Waals surface area contributed by atoms with Crippen LogP contribution >= 0.6 is 0 Å². The summed E-state index contributed by atoms with van der Waals surface area (Å²) in [6, 6.07) is 8.17. The highest BCUT2D eigenvalue weighted by Gasteiger charge is 2.20. The average molecular weight is 172 g/mol. The predicted octanol–water partition coefficient (Wildman–Crippen LogP) is 2.63. The topological polar surface area (TPSA) is 0 Å². The lowest BCUT2D eigenvalue weighted by atomic mass is 9.77. The molecule has 1 heteroatoms. The highest BCUT2D eigenvalue weighted by molar-refractivity contribution is 6.32. The van der Waals surface area contributed by atoms with Crippen molar-refractivity contribution in [2.45, 2.75) is 33.6 Å². The van der Waals surface area contributed by atoms with E-state index in [9.17, 15) is 0 Å². The van der Waals surface area contributed by atoms with Gasteiger partial charge < -0.3 is 0 Å². The molecule has 1 unspecified atom stereocenters. The van der Waals surface area contributed by atoms with E-state index in [-0.39, 0.29) is 0 Å². The minimum atomic E-state index is 0.316. The maximum Gasteiger partial charge on any atom is 0.113 e. The lowest BCUT2D eigenvalue weighted by Crippen LogP contribution is -2.16. The zero-order valence-electron chi connectivity index (χ0n) is 8.96. The first kappa shape index (κ1) is 10.4. The Bertz CT molecular complexity index is 266. The third kappa shape index (κ3) is 2.62. The molecule has 0 aliphatic rings. The predicted molar refractivity (Wildman–Crippen MR) is 59.7 cm³/mol. The van der Waals surface area contributed by atoms with Gasteiger partial charge in [0.2, 0.25) is 0 Å². The van der Waals surface area contributed by atoms with Gasteiger partial charge in [-0.25, -0.2) is 0 Å². The first-order chi connectivity index (χ1) is 5.91. The molecule has 0 aliphatic carbocycles. The Morgan fingerprint density at radius 1 is 1.08 bits per heavy atom. The fourth-order valence-electron chi connectivity index (χ4n) is 1.28. The summed E-state index contributed by atoms with van der Waals surface area (Å²) in [6.07, 6.45) is 0. The zero-order valence-corrected chi connectivity index (χ0v) is 8.96. The Balaban J connectivity index is 2.90. The molecule has 13 heavy (non-hydrogen) atoms. The van der Waals surface area contributed by atoms with Gasteiger partial charge in [-0.15, -0.1) is 0 Å². The van der Waals surface area contributed by atoms with Crippen LogP contribution < -0.4 is 5.46 Å². The first-order valence-electron chi connectivity index (χ1n) is 4.76. The molecule has 1 atom stereocenters. The van der Waals surface area contributed by atoms with Crippen LogP contribution in [0.4, 0.5) is 0 Å². The minimum absolute atomic E-state index is 0.316. The van der Waals surface area contributed by atoms with Gasteiger partial charge in [0.25, 0.3) is 0 Å². The molecular weight excluding hydrogens is 155 g/mol. The smallest absolute Gasteiger partial charge is 0.0967 e. The van der Waals surface area contributed by atoms with E-state index in [1.807, 2.05) is 12.1 Å². The average Bonchev–Trinajstić information content (AvgIpc) is 2.03. The maximum absolute atomic E-state index is 5.64. The van der Waals surface area contributed by atoms with Gasteiger partial charge >= 0.3 is 0 Å². The molecule has 0 heterocycles. The summed E-state index contributed by atoms with van der Waals surface area (Å²) >= 11 is 0. The molecule has 0 aromatic heterocycles. The van der Waals surface area contributed by atoms with E-state index < -0.39 is 0 Å². The van der Waals surface area contributed by atoms with Crippen LogP contribution in [0.1, 0.15) is 39.2 Å². The molecule has 0 spiro atoms. The summed E-state index contributed by atoms with van der Waals surface area (Å²) in [4.78, 5) is 0. The SMILES string of the molecule is [B]c1ccc(C(C)C(C)(C)C)cc1. The summed E-state index contributed by atoms with van der Waals surface area (Å²) in [6.45, 7) is 9.03. The van der Waals surface area contributed by atoms with Gasteiger partial charge in [-0.3, -0.25) is 0 Å². The molecule has 0 N–H and O–H groups in total. The summed E-state index contributed by atoms with van der Waals surface area (Å²) in [5, 5.41) is 0. The largest absolute Gasteiger partial charge is 0.113 e. The second-order valence-electron chi connectivity index (χ2n) is 4.75. The van der Waals surface area contributed by atoms with Crippen molar-refractivity contribution in [3.63, 3.8) is 0 Å². The van der Waals surface area contributed by atoms with Gasteiger partial charge in [-0.1, -0.05) is 57.4 Å². The second kappa shape index (κ2) is 3.57. The molecule has 0 saturated heterocycles. The monoisotopic (exact) mass is 172 g/mol. The van der Waals surface area contributed by atoms with E-state index in [4.69, 9.17) is 7.85 Å². The standard InChI is InChI=1S/C12H17B/c1-9(12(2,3)4)10-5-7-11(13)8-6-10/h5-9H,1-4H3. The third-order valence-electron chi connectivity index (χ3n) is 2.74. The summed E-state index contributed by atoms with van der Waals surface area (Å²) in [5.74, 6) is 0.563. The highest BCUT2D eigenvalue weighted by Crippen LogP contribution is 2.33. The van der Waals surface area contributed by atoms with E-state index in [2.05, 4.69) is 39.8 Å². The van der Waals surface area contributed by atoms with Crippen LogP contribution in [-0.4, -0.2) is 7.85 Å². The highest BCUT2D eigenvalue weighted by atomic mass is 14.3. The number of hydrogen-bond donors (Lipinski definition) is 0. The van der Waals surface area contributed by atoms with Crippen LogP contribution in [0.25, 0.3) is 0 Å². The van der Waals surface area contributed by atoms with E-state index in [1.165, 1.54) is 5.56 Å². The maximum atomic E-state index is 5.64. The normalized spacial score (nSPS) is 14.2. The van der Waals surface area contributed by atoms with Crippen LogP contribution in [0.15, 0.2) is 24.3 Å². The Morgan fingerprint density at radius 2 is 1.54 bits per heavy atom. The fraction of sp³-hybridized carbons (Fsp3) is 0.500. The summed E-state index contributed by atoms with van der Waals surface area (Å²) in [7, 11) is 5.64. The molecule has 0 saturated carbocycles. The molecular formula is C12H17B. The van der Waals surface area contributed by atoms with Crippen LogP contribution in [0.5, 0.6) is 0 Å². The molecule has 0 aliphatic heterocycles. The fourth-order valence-corrected chi connectivity index (χ4v) is 1.28. The summed E-state index contributed by atoms with van der Waals surface area (Å²) < 4.78 is 0. The van der Waals surface area contributed by atoms with Crippen molar-refractivity contribution in [3.8, 4) is 0 Å². The van der Waals surface area contributed by atoms with Gasteiger partial charge in [0.15, 0.2) is 0 Å².